The van der Waals surface area contributed by atoms with Crippen LogP contribution in [0.15, 0.2) is 18.7 Å². The molecule has 1 N–H and O–H groups in total. The van der Waals surface area contributed by atoms with Crippen LogP contribution in [0.2, 0.25) is 0 Å². The molecule has 0 saturated heterocycles. The predicted molar refractivity (Wildman–Crippen MR) is 77.1 cm³/mol. The minimum Gasteiger partial charge on any atom is -0.469 e. The van der Waals surface area contributed by atoms with Crippen molar-refractivity contribution in [3.8, 4) is 0 Å². The molecule has 1 fully saturated rings. The number of hydrogen-bond donors (Lipinski definition) is 1. The molecule has 0 radical (unpaired) electrons. The molecular formula is C13H21N3O4S. The number of rotatable bonds is 7. The molecule has 0 amide bonds. The van der Waals surface area contributed by atoms with Gasteiger partial charge in [0.2, 0.25) is 10.0 Å². The third-order valence-corrected chi connectivity index (χ3v) is 5.23. The fraction of sp³-hybridized carbons (Fsp3) is 0.692. The average molecular weight is 315 g/mol. The smallest absolute Gasteiger partial charge is 0.305 e. The third-order valence-electron chi connectivity index (χ3n) is 3.74. The molecule has 1 aliphatic rings. The molecule has 2 atom stereocenters. The van der Waals surface area contributed by atoms with Crippen LogP contribution in [0.1, 0.15) is 38.1 Å². The highest BCUT2D eigenvalue weighted by Crippen LogP contribution is 2.30. The van der Waals surface area contributed by atoms with Gasteiger partial charge in [-0.05, 0) is 25.7 Å². The van der Waals surface area contributed by atoms with Crippen LogP contribution in [0.3, 0.4) is 0 Å². The van der Waals surface area contributed by atoms with Crippen LogP contribution in [-0.4, -0.2) is 42.8 Å². The zero-order valence-corrected chi connectivity index (χ0v) is 12.9. The Balaban J connectivity index is 1.88. The van der Waals surface area contributed by atoms with Gasteiger partial charge in [0.25, 0.3) is 0 Å². The molecule has 0 spiro atoms. The van der Waals surface area contributed by atoms with Gasteiger partial charge in [-0.15, -0.1) is 0 Å². The van der Waals surface area contributed by atoms with Gasteiger partial charge in [0.15, 0.2) is 0 Å². The standard InChI is InChI=1S/C13H21N3O4S/c1-20-13(17)6-3-9-21(18,19)15-11-4-2-5-12(11)16-8-7-14-10-16/h7-8,10-12,15H,2-6,9H2,1H3. The minimum absolute atomic E-state index is 0.0603. The molecule has 1 aliphatic carbocycles. The molecule has 1 aromatic rings. The van der Waals surface area contributed by atoms with E-state index in [0.29, 0.717) is 0 Å². The molecule has 21 heavy (non-hydrogen) atoms. The second-order valence-corrected chi connectivity index (χ2v) is 7.10. The van der Waals surface area contributed by atoms with Gasteiger partial charge in [0.05, 0.1) is 25.2 Å². The Hall–Kier alpha value is -1.41. The van der Waals surface area contributed by atoms with Crippen molar-refractivity contribution in [2.24, 2.45) is 0 Å². The first-order valence-electron chi connectivity index (χ1n) is 7.06. The van der Waals surface area contributed by atoms with E-state index in [1.165, 1.54) is 7.11 Å². The van der Waals surface area contributed by atoms with Crippen LogP contribution < -0.4 is 4.72 Å². The summed E-state index contributed by atoms with van der Waals surface area (Å²) in [5.41, 5.74) is 0. The van der Waals surface area contributed by atoms with Crippen LogP contribution in [-0.2, 0) is 19.6 Å². The number of carbonyl (C=O) groups is 1. The Bertz CT molecular complexity index is 556. The lowest BCUT2D eigenvalue weighted by Gasteiger charge is -2.22. The maximum absolute atomic E-state index is 12.1. The Morgan fingerprint density at radius 2 is 2.29 bits per heavy atom. The van der Waals surface area contributed by atoms with Crippen molar-refractivity contribution < 1.29 is 17.9 Å². The molecular weight excluding hydrogens is 294 g/mol. The number of aromatic nitrogens is 2. The van der Waals surface area contributed by atoms with Crippen LogP contribution in [0.25, 0.3) is 0 Å². The van der Waals surface area contributed by atoms with Crippen LogP contribution in [0.5, 0.6) is 0 Å². The molecule has 0 aliphatic heterocycles. The van der Waals surface area contributed by atoms with E-state index in [0.717, 1.165) is 19.3 Å². The van der Waals surface area contributed by atoms with Gasteiger partial charge in [0.1, 0.15) is 0 Å². The van der Waals surface area contributed by atoms with E-state index in [1.807, 2.05) is 10.8 Å². The fourth-order valence-electron chi connectivity index (χ4n) is 2.70. The van der Waals surface area contributed by atoms with Crippen LogP contribution in [0, 0.1) is 0 Å². The summed E-state index contributed by atoms with van der Waals surface area (Å²) in [5.74, 6) is -0.447. The molecule has 1 saturated carbocycles. The lowest BCUT2D eigenvalue weighted by Crippen LogP contribution is -2.39. The molecule has 0 bridgehead atoms. The van der Waals surface area contributed by atoms with E-state index in [-0.39, 0.29) is 36.6 Å². The summed E-state index contributed by atoms with van der Waals surface area (Å²) in [6, 6.07) is 0.00482. The van der Waals surface area contributed by atoms with Crippen molar-refractivity contribution in [1.29, 1.82) is 0 Å². The van der Waals surface area contributed by atoms with Crippen molar-refractivity contribution >= 4 is 16.0 Å². The number of ether oxygens (including phenoxy) is 1. The number of imidazole rings is 1. The van der Waals surface area contributed by atoms with E-state index in [2.05, 4.69) is 14.4 Å². The van der Waals surface area contributed by atoms with Gasteiger partial charge in [-0.1, -0.05) is 0 Å². The van der Waals surface area contributed by atoms with Crippen molar-refractivity contribution in [2.75, 3.05) is 12.9 Å². The summed E-state index contributed by atoms with van der Waals surface area (Å²) in [6.45, 7) is 0. The first kappa shape index (κ1) is 16.0. The highest BCUT2D eigenvalue weighted by molar-refractivity contribution is 7.89. The number of sulfonamides is 1. The van der Waals surface area contributed by atoms with Crippen molar-refractivity contribution in [1.82, 2.24) is 14.3 Å². The number of carbonyl (C=O) groups excluding carboxylic acids is 1. The van der Waals surface area contributed by atoms with E-state index in [9.17, 15) is 13.2 Å². The molecule has 1 aromatic heterocycles. The Morgan fingerprint density at radius 3 is 2.95 bits per heavy atom. The molecule has 0 aromatic carbocycles. The van der Waals surface area contributed by atoms with Gasteiger partial charge < -0.3 is 9.30 Å². The summed E-state index contributed by atoms with van der Waals surface area (Å²) in [7, 11) is -2.09. The molecule has 1 heterocycles. The SMILES string of the molecule is COC(=O)CCCS(=O)(=O)NC1CCCC1n1ccnc1. The summed E-state index contributed by atoms with van der Waals surface area (Å²) in [6.07, 6.45) is 8.39. The van der Waals surface area contributed by atoms with Crippen molar-refractivity contribution in [3.05, 3.63) is 18.7 Å². The van der Waals surface area contributed by atoms with Gasteiger partial charge in [-0.3, -0.25) is 4.79 Å². The first-order valence-corrected chi connectivity index (χ1v) is 8.71. The molecule has 2 rings (SSSR count). The Morgan fingerprint density at radius 1 is 1.48 bits per heavy atom. The predicted octanol–water partition coefficient (Wildman–Crippen LogP) is 0.849. The largest absolute Gasteiger partial charge is 0.469 e. The van der Waals surface area contributed by atoms with Crippen LogP contribution >= 0.6 is 0 Å². The number of nitrogens with one attached hydrogen (secondary N) is 1. The summed E-state index contributed by atoms with van der Waals surface area (Å²) in [4.78, 5) is 15.0. The topological polar surface area (TPSA) is 90.3 Å². The second kappa shape index (κ2) is 7.04. The quantitative estimate of drug-likeness (QED) is 0.753. The summed E-state index contributed by atoms with van der Waals surface area (Å²) in [5, 5.41) is 0. The average Bonchev–Trinajstić information content (AvgIpc) is 3.08. The molecule has 7 nitrogen and oxygen atoms in total. The zero-order valence-electron chi connectivity index (χ0n) is 12.1. The van der Waals surface area contributed by atoms with Crippen molar-refractivity contribution in [2.45, 2.75) is 44.2 Å². The molecule has 118 valence electrons. The first-order chi connectivity index (χ1) is 10.0. The molecule has 8 heteroatoms. The van der Waals surface area contributed by atoms with Gasteiger partial charge in [-0.2, -0.15) is 0 Å². The Labute approximate surface area is 124 Å². The number of hydrogen-bond acceptors (Lipinski definition) is 5. The number of nitrogens with zero attached hydrogens (tertiary/aromatic N) is 2. The number of methoxy groups -OCH3 is 1. The maximum atomic E-state index is 12.1. The Kier molecular flexibility index (Phi) is 5.35. The van der Waals surface area contributed by atoms with Crippen molar-refractivity contribution in [3.63, 3.8) is 0 Å². The number of esters is 1. The van der Waals surface area contributed by atoms with Gasteiger partial charge in [0, 0.05) is 24.9 Å². The minimum atomic E-state index is -3.38. The second-order valence-electron chi connectivity index (χ2n) is 5.23. The zero-order chi connectivity index (χ0) is 15.3. The molecule has 2 unspecified atom stereocenters. The highest BCUT2D eigenvalue weighted by atomic mass is 32.2. The monoisotopic (exact) mass is 315 g/mol. The van der Waals surface area contributed by atoms with E-state index in [1.54, 1.807) is 12.5 Å². The van der Waals surface area contributed by atoms with E-state index in [4.69, 9.17) is 0 Å². The summed E-state index contributed by atoms with van der Waals surface area (Å²) < 4.78 is 33.4. The summed E-state index contributed by atoms with van der Waals surface area (Å²) >= 11 is 0. The third kappa shape index (κ3) is 4.53. The maximum Gasteiger partial charge on any atom is 0.305 e. The lowest BCUT2D eigenvalue weighted by molar-refractivity contribution is -0.140. The highest BCUT2D eigenvalue weighted by Gasteiger charge is 2.31. The van der Waals surface area contributed by atoms with E-state index < -0.39 is 10.0 Å². The fourth-order valence-corrected chi connectivity index (χ4v) is 4.08. The van der Waals surface area contributed by atoms with Gasteiger partial charge >= 0.3 is 5.97 Å². The van der Waals surface area contributed by atoms with Gasteiger partial charge in [-0.25, -0.2) is 18.1 Å². The van der Waals surface area contributed by atoms with Crippen LogP contribution in [0.4, 0.5) is 0 Å². The normalized spacial score (nSPS) is 22.3. The van der Waals surface area contributed by atoms with E-state index >= 15 is 0 Å². The lowest BCUT2D eigenvalue weighted by atomic mass is 10.2.